The molecule has 0 atom stereocenters. The second-order valence-corrected chi connectivity index (χ2v) is 5.73. The van der Waals surface area contributed by atoms with Crippen LogP contribution in [0.4, 0.5) is 0 Å². The van der Waals surface area contributed by atoms with E-state index in [2.05, 4.69) is 11.6 Å². The van der Waals surface area contributed by atoms with Gasteiger partial charge in [-0.15, -0.1) is 0 Å². The number of carbonyl (C=O) groups is 2. The molecule has 0 saturated carbocycles. The van der Waals surface area contributed by atoms with Crippen molar-refractivity contribution in [3.8, 4) is 0 Å². The normalized spacial score (nSPS) is 10.8. The van der Waals surface area contributed by atoms with Gasteiger partial charge < -0.3 is 9.64 Å². The molecule has 2 rings (SSSR count). The number of rotatable bonds is 7. The Hall–Kier alpha value is -2.95. The molecule has 0 radical (unpaired) electrons. The summed E-state index contributed by atoms with van der Waals surface area (Å²) in [7, 11) is 0. The van der Waals surface area contributed by atoms with Gasteiger partial charge in [0.15, 0.2) is 6.61 Å². The smallest absolute Gasteiger partial charge is 0.331 e. The molecule has 0 spiro atoms. The van der Waals surface area contributed by atoms with E-state index >= 15 is 0 Å². The van der Waals surface area contributed by atoms with Crippen molar-refractivity contribution in [2.45, 2.75) is 13.8 Å². The highest BCUT2D eigenvalue weighted by Gasteiger charge is 2.13. The van der Waals surface area contributed by atoms with Crippen molar-refractivity contribution in [1.29, 1.82) is 0 Å². The van der Waals surface area contributed by atoms with Crippen molar-refractivity contribution in [3.63, 3.8) is 0 Å². The van der Waals surface area contributed by atoms with Crippen LogP contribution in [-0.4, -0.2) is 41.5 Å². The fraction of sp³-hybridized carbons (Fsp3) is 0.250. The number of nitrogens with zero attached hydrogens (tertiary/aromatic N) is 2. The van der Waals surface area contributed by atoms with E-state index < -0.39 is 5.97 Å². The number of hydrogen-bond donors (Lipinski definition) is 0. The van der Waals surface area contributed by atoms with Crippen LogP contribution >= 0.6 is 0 Å². The van der Waals surface area contributed by atoms with Crippen molar-refractivity contribution in [1.82, 2.24) is 9.88 Å². The number of fused-ring (bicyclic) bond motifs is 1. The van der Waals surface area contributed by atoms with Crippen molar-refractivity contribution in [2.75, 3.05) is 19.7 Å². The first-order valence-corrected chi connectivity index (χ1v) is 8.12. The Bertz CT molecular complexity index is 806. The van der Waals surface area contributed by atoms with Gasteiger partial charge in [-0.05, 0) is 26.0 Å². The molecule has 1 aromatic heterocycles. The lowest BCUT2D eigenvalue weighted by Crippen LogP contribution is -2.35. The van der Waals surface area contributed by atoms with Crippen LogP contribution in [0.25, 0.3) is 17.0 Å². The van der Waals surface area contributed by atoms with Gasteiger partial charge in [0.1, 0.15) is 0 Å². The van der Waals surface area contributed by atoms with Gasteiger partial charge in [0.05, 0.1) is 5.52 Å². The first-order chi connectivity index (χ1) is 12.0. The quantitative estimate of drug-likeness (QED) is 0.442. The highest BCUT2D eigenvalue weighted by Crippen LogP contribution is 2.17. The predicted octanol–water partition coefficient (Wildman–Crippen LogP) is 3.22. The Balaban J connectivity index is 1.96. The lowest BCUT2D eigenvalue weighted by molar-refractivity contribution is -0.147. The summed E-state index contributed by atoms with van der Waals surface area (Å²) in [6.07, 6.45) is 4.66. The number of likely N-dealkylation sites (N-methyl/N-ethyl adjacent to an activating group) is 1. The molecule has 2 aromatic rings. The predicted molar refractivity (Wildman–Crippen MR) is 98.8 cm³/mol. The average Bonchev–Trinajstić information content (AvgIpc) is 2.62. The lowest BCUT2D eigenvalue weighted by Gasteiger charge is -2.20. The highest BCUT2D eigenvalue weighted by atomic mass is 16.5. The number of ether oxygens (including phenoxy) is 1. The molecule has 5 nitrogen and oxygen atoms in total. The second kappa shape index (κ2) is 8.78. The third kappa shape index (κ3) is 5.28. The maximum Gasteiger partial charge on any atom is 0.331 e. The third-order valence-corrected chi connectivity index (χ3v) is 3.60. The highest BCUT2D eigenvalue weighted by molar-refractivity contribution is 5.93. The van der Waals surface area contributed by atoms with Gasteiger partial charge in [0.25, 0.3) is 5.91 Å². The fourth-order valence-corrected chi connectivity index (χ4v) is 2.39. The third-order valence-electron chi connectivity index (χ3n) is 3.60. The summed E-state index contributed by atoms with van der Waals surface area (Å²) in [5.41, 5.74) is 2.51. The number of benzene rings is 1. The topological polar surface area (TPSA) is 59.5 Å². The van der Waals surface area contributed by atoms with Crippen LogP contribution in [0.15, 0.2) is 54.8 Å². The van der Waals surface area contributed by atoms with Crippen LogP contribution in [0.2, 0.25) is 0 Å². The van der Waals surface area contributed by atoms with Gasteiger partial charge in [0.2, 0.25) is 0 Å². The number of amides is 1. The monoisotopic (exact) mass is 338 g/mol. The van der Waals surface area contributed by atoms with Crippen LogP contribution in [0.1, 0.15) is 19.4 Å². The molecule has 0 unspecified atom stereocenters. The van der Waals surface area contributed by atoms with Crippen molar-refractivity contribution >= 4 is 28.9 Å². The summed E-state index contributed by atoms with van der Waals surface area (Å²) >= 11 is 0. The molecule has 25 heavy (non-hydrogen) atoms. The number of esters is 1. The molecule has 0 N–H and O–H groups in total. The zero-order valence-electron chi connectivity index (χ0n) is 14.6. The molecule has 0 saturated heterocycles. The first kappa shape index (κ1) is 18.4. The minimum atomic E-state index is -0.562. The van der Waals surface area contributed by atoms with Gasteiger partial charge in [-0.1, -0.05) is 36.4 Å². The number of para-hydroxylation sites is 1. The standard InChI is InChI=1S/C20H22N2O3/c1-4-22(13-15(2)3)18(23)14-25-19(24)11-10-17-8-5-7-16-9-6-12-21-20(16)17/h5-12H,2,4,13-14H2,1,3H3/b11-10+. The van der Waals surface area contributed by atoms with Crippen molar-refractivity contribution < 1.29 is 14.3 Å². The van der Waals surface area contributed by atoms with Crippen LogP contribution in [0, 0.1) is 0 Å². The number of hydrogen-bond acceptors (Lipinski definition) is 4. The Labute approximate surface area is 147 Å². The van der Waals surface area contributed by atoms with Gasteiger partial charge >= 0.3 is 5.97 Å². The number of aromatic nitrogens is 1. The molecule has 5 heteroatoms. The van der Waals surface area contributed by atoms with E-state index in [1.165, 1.54) is 6.08 Å². The Morgan fingerprint density at radius 2 is 2.04 bits per heavy atom. The maximum atomic E-state index is 12.0. The van der Waals surface area contributed by atoms with E-state index in [1.54, 1.807) is 17.2 Å². The molecule has 1 amide bonds. The Kier molecular flexibility index (Phi) is 6.46. The minimum Gasteiger partial charge on any atom is -0.452 e. The minimum absolute atomic E-state index is 0.237. The molecule has 0 aliphatic heterocycles. The van der Waals surface area contributed by atoms with Crippen LogP contribution in [0.5, 0.6) is 0 Å². The zero-order chi connectivity index (χ0) is 18.2. The van der Waals surface area contributed by atoms with E-state index in [1.807, 2.05) is 44.2 Å². The zero-order valence-corrected chi connectivity index (χ0v) is 14.6. The summed E-state index contributed by atoms with van der Waals surface area (Å²) in [6, 6.07) is 9.54. The SMILES string of the molecule is C=C(C)CN(CC)C(=O)COC(=O)/C=C/c1cccc2cccnc12. The largest absolute Gasteiger partial charge is 0.452 e. The van der Waals surface area contributed by atoms with Crippen LogP contribution < -0.4 is 0 Å². The molecule has 0 fully saturated rings. The number of pyridine rings is 1. The van der Waals surface area contributed by atoms with Crippen molar-refractivity contribution in [2.24, 2.45) is 0 Å². The summed E-state index contributed by atoms with van der Waals surface area (Å²) in [6.45, 7) is 8.24. The second-order valence-electron chi connectivity index (χ2n) is 5.73. The van der Waals surface area contributed by atoms with E-state index in [9.17, 15) is 9.59 Å². The van der Waals surface area contributed by atoms with E-state index in [4.69, 9.17) is 4.74 Å². The number of carbonyl (C=O) groups excluding carboxylic acids is 2. The van der Waals surface area contributed by atoms with Gasteiger partial charge in [-0.25, -0.2) is 4.79 Å². The molecule has 0 aliphatic rings. The molecule has 130 valence electrons. The lowest BCUT2D eigenvalue weighted by atomic mass is 10.1. The molecule has 1 heterocycles. The van der Waals surface area contributed by atoms with Gasteiger partial charge in [-0.3, -0.25) is 9.78 Å². The summed E-state index contributed by atoms with van der Waals surface area (Å²) < 4.78 is 5.03. The average molecular weight is 338 g/mol. The Morgan fingerprint density at radius 3 is 2.76 bits per heavy atom. The van der Waals surface area contributed by atoms with Gasteiger partial charge in [-0.2, -0.15) is 0 Å². The Morgan fingerprint density at radius 1 is 1.28 bits per heavy atom. The van der Waals surface area contributed by atoms with Crippen LogP contribution in [0.3, 0.4) is 0 Å². The maximum absolute atomic E-state index is 12.0. The summed E-state index contributed by atoms with van der Waals surface area (Å²) in [5, 5.41) is 0.992. The fourth-order valence-electron chi connectivity index (χ4n) is 2.39. The molecule has 1 aromatic carbocycles. The molecular formula is C20H22N2O3. The van der Waals surface area contributed by atoms with E-state index in [0.29, 0.717) is 13.1 Å². The molecular weight excluding hydrogens is 316 g/mol. The van der Waals surface area contributed by atoms with E-state index in [0.717, 1.165) is 22.0 Å². The summed E-state index contributed by atoms with van der Waals surface area (Å²) in [4.78, 5) is 29.8. The van der Waals surface area contributed by atoms with E-state index in [-0.39, 0.29) is 12.5 Å². The molecule has 0 aliphatic carbocycles. The van der Waals surface area contributed by atoms with Crippen molar-refractivity contribution in [3.05, 3.63) is 60.3 Å². The molecule has 0 bridgehead atoms. The van der Waals surface area contributed by atoms with Crippen LogP contribution in [-0.2, 0) is 14.3 Å². The first-order valence-electron chi connectivity index (χ1n) is 8.12. The summed E-state index contributed by atoms with van der Waals surface area (Å²) in [5.74, 6) is -0.799. The van der Waals surface area contributed by atoms with Gasteiger partial charge in [0, 0.05) is 36.3 Å².